The van der Waals surface area contributed by atoms with Crippen LogP contribution < -0.4 is 0 Å². The maximum atomic E-state index is 2.36. The van der Waals surface area contributed by atoms with E-state index in [2.05, 4.69) is 39.8 Å². The summed E-state index contributed by atoms with van der Waals surface area (Å²) in [6.45, 7) is 8.77. The van der Waals surface area contributed by atoms with Gasteiger partial charge in [0.15, 0.2) is 0 Å². The maximum absolute atomic E-state index is 2.36. The lowest BCUT2D eigenvalue weighted by atomic mass is 10.1. The lowest BCUT2D eigenvalue weighted by Gasteiger charge is -2.01. The van der Waals surface area contributed by atoms with Crippen molar-refractivity contribution in [1.82, 2.24) is 0 Å². The van der Waals surface area contributed by atoms with Gasteiger partial charge < -0.3 is 0 Å². The highest BCUT2D eigenvalue weighted by Gasteiger charge is 1.91. The van der Waals surface area contributed by atoms with Crippen molar-refractivity contribution >= 4 is 0 Å². The number of hydrogen-bond donors (Lipinski definition) is 0. The van der Waals surface area contributed by atoms with Gasteiger partial charge in [-0.25, -0.2) is 0 Å². The summed E-state index contributed by atoms with van der Waals surface area (Å²) >= 11 is 0. The van der Waals surface area contributed by atoms with Crippen LogP contribution in [0.4, 0.5) is 0 Å². The van der Waals surface area contributed by atoms with Crippen LogP contribution in [-0.2, 0) is 0 Å². The number of allylic oxidation sites excluding steroid dienone is 4. The molecule has 0 amide bonds. The fourth-order valence-electron chi connectivity index (χ4n) is 1.26. The van der Waals surface area contributed by atoms with E-state index in [9.17, 15) is 0 Å². The molecule has 0 aliphatic carbocycles. The summed E-state index contributed by atoms with van der Waals surface area (Å²) in [7, 11) is 0. The first-order valence-electron chi connectivity index (χ1n) is 5.02. The number of rotatable bonds is 5. The fraction of sp³-hybridized carbons (Fsp3) is 0.667. The molecule has 0 aromatic rings. The van der Waals surface area contributed by atoms with Crippen LogP contribution in [0.2, 0.25) is 0 Å². The van der Waals surface area contributed by atoms with E-state index in [4.69, 9.17) is 0 Å². The van der Waals surface area contributed by atoms with Gasteiger partial charge in [0.25, 0.3) is 0 Å². The first-order valence-corrected chi connectivity index (χ1v) is 5.02. The zero-order chi connectivity index (χ0) is 9.40. The van der Waals surface area contributed by atoms with E-state index in [0.29, 0.717) is 0 Å². The van der Waals surface area contributed by atoms with Crippen LogP contribution in [0, 0.1) is 0 Å². The Hall–Kier alpha value is -0.520. The lowest BCUT2D eigenvalue weighted by Crippen LogP contribution is -1.80. The standard InChI is InChI=1S/C12H22/c1-5-8-12(6-2)10-7-9-11(3)4/h8-9H,5-7,10H2,1-4H3/b12-8+. The summed E-state index contributed by atoms with van der Waals surface area (Å²) in [4.78, 5) is 0. The molecule has 0 aliphatic rings. The van der Waals surface area contributed by atoms with E-state index in [-0.39, 0.29) is 0 Å². The van der Waals surface area contributed by atoms with Gasteiger partial charge in [0.1, 0.15) is 0 Å². The molecule has 0 fully saturated rings. The van der Waals surface area contributed by atoms with E-state index in [1.165, 1.54) is 31.3 Å². The molecule has 0 radical (unpaired) electrons. The van der Waals surface area contributed by atoms with Gasteiger partial charge in [-0.3, -0.25) is 0 Å². The Bertz CT molecular complexity index is 157. The molecule has 0 atom stereocenters. The van der Waals surface area contributed by atoms with Crippen molar-refractivity contribution < 1.29 is 0 Å². The van der Waals surface area contributed by atoms with Crippen LogP contribution >= 0.6 is 0 Å². The van der Waals surface area contributed by atoms with Crippen LogP contribution in [-0.4, -0.2) is 0 Å². The van der Waals surface area contributed by atoms with Crippen molar-refractivity contribution in [3.05, 3.63) is 23.3 Å². The Morgan fingerprint density at radius 1 is 1.08 bits per heavy atom. The molecule has 0 heterocycles. The van der Waals surface area contributed by atoms with Gasteiger partial charge in [-0.2, -0.15) is 0 Å². The molecule has 0 rings (SSSR count). The predicted molar refractivity (Wildman–Crippen MR) is 57.3 cm³/mol. The topological polar surface area (TPSA) is 0 Å². The summed E-state index contributed by atoms with van der Waals surface area (Å²) in [5.41, 5.74) is 3.04. The van der Waals surface area contributed by atoms with Gasteiger partial charge in [-0.15, -0.1) is 0 Å². The van der Waals surface area contributed by atoms with Gasteiger partial charge in [-0.05, 0) is 39.5 Å². The first-order chi connectivity index (χ1) is 5.70. The Balaban J connectivity index is 3.74. The second kappa shape index (κ2) is 7.15. The van der Waals surface area contributed by atoms with Gasteiger partial charge in [0.2, 0.25) is 0 Å². The van der Waals surface area contributed by atoms with E-state index in [1.807, 2.05) is 0 Å². The molecular formula is C12H22. The van der Waals surface area contributed by atoms with Gasteiger partial charge in [0, 0.05) is 0 Å². The normalized spacial score (nSPS) is 11.5. The highest BCUT2D eigenvalue weighted by Crippen LogP contribution is 2.11. The zero-order valence-electron chi connectivity index (χ0n) is 8.98. The van der Waals surface area contributed by atoms with Gasteiger partial charge in [0.05, 0.1) is 0 Å². The van der Waals surface area contributed by atoms with Crippen molar-refractivity contribution in [2.45, 2.75) is 53.4 Å². The van der Waals surface area contributed by atoms with E-state index in [0.717, 1.165) is 0 Å². The maximum Gasteiger partial charge on any atom is -0.0286 e. The molecule has 0 saturated heterocycles. The van der Waals surface area contributed by atoms with Crippen LogP contribution in [0.5, 0.6) is 0 Å². The van der Waals surface area contributed by atoms with Crippen LogP contribution in [0.15, 0.2) is 23.3 Å². The summed E-state index contributed by atoms with van der Waals surface area (Å²) < 4.78 is 0. The molecule has 0 nitrogen and oxygen atoms in total. The lowest BCUT2D eigenvalue weighted by molar-refractivity contribution is 0.889. The molecule has 0 N–H and O–H groups in total. The smallest absolute Gasteiger partial charge is 0.0286 e. The molecule has 0 unspecified atom stereocenters. The molecular weight excluding hydrogens is 144 g/mol. The summed E-state index contributed by atoms with van der Waals surface area (Å²) in [5.74, 6) is 0. The third kappa shape index (κ3) is 6.21. The first kappa shape index (κ1) is 11.5. The van der Waals surface area contributed by atoms with Crippen molar-refractivity contribution in [1.29, 1.82) is 0 Å². The van der Waals surface area contributed by atoms with E-state index >= 15 is 0 Å². The largest absolute Gasteiger partial charge is 0.0856 e. The Morgan fingerprint density at radius 2 is 1.75 bits per heavy atom. The average molecular weight is 166 g/mol. The minimum absolute atomic E-state index is 1.18. The second-order valence-electron chi connectivity index (χ2n) is 3.44. The van der Waals surface area contributed by atoms with Crippen molar-refractivity contribution in [2.75, 3.05) is 0 Å². The molecule has 0 heteroatoms. The van der Waals surface area contributed by atoms with E-state index in [1.54, 1.807) is 5.57 Å². The van der Waals surface area contributed by atoms with Crippen molar-refractivity contribution in [3.8, 4) is 0 Å². The number of hydrogen-bond acceptors (Lipinski definition) is 0. The van der Waals surface area contributed by atoms with Crippen LogP contribution in [0.1, 0.15) is 53.4 Å². The highest BCUT2D eigenvalue weighted by atomic mass is 14.0. The fourth-order valence-corrected chi connectivity index (χ4v) is 1.26. The monoisotopic (exact) mass is 166 g/mol. The molecule has 0 saturated carbocycles. The third-order valence-electron chi connectivity index (χ3n) is 1.96. The molecule has 0 spiro atoms. The Labute approximate surface area is 77.4 Å². The Kier molecular flexibility index (Phi) is 6.84. The second-order valence-corrected chi connectivity index (χ2v) is 3.44. The minimum atomic E-state index is 1.18. The molecule has 12 heavy (non-hydrogen) atoms. The third-order valence-corrected chi connectivity index (χ3v) is 1.96. The minimum Gasteiger partial charge on any atom is -0.0856 e. The molecule has 0 aliphatic heterocycles. The predicted octanol–water partition coefficient (Wildman–Crippen LogP) is 4.48. The molecule has 70 valence electrons. The van der Waals surface area contributed by atoms with E-state index < -0.39 is 0 Å². The molecule has 0 bridgehead atoms. The average Bonchev–Trinajstić information content (AvgIpc) is 2.02. The quantitative estimate of drug-likeness (QED) is 0.528. The summed E-state index contributed by atoms with van der Waals surface area (Å²) in [6.07, 6.45) is 9.53. The zero-order valence-corrected chi connectivity index (χ0v) is 8.98. The van der Waals surface area contributed by atoms with Gasteiger partial charge >= 0.3 is 0 Å². The SMILES string of the molecule is CC/C=C(\CC)CCC=C(C)C. The van der Waals surface area contributed by atoms with Crippen molar-refractivity contribution in [2.24, 2.45) is 0 Å². The summed E-state index contributed by atoms with van der Waals surface area (Å²) in [5, 5.41) is 0. The van der Waals surface area contributed by atoms with Crippen LogP contribution in [0.3, 0.4) is 0 Å². The van der Waals surface area contributed by atoms with Gasteiger partial charge in [-0.1, -0.05) is 37.1 Å². The summed E-state index contributed by atoms with van der Waals surface area (Å²) in [6, 6.07) is 0. The molecule has 0 aromatic heterocycles. The molecule has 0 aromatic carbocycles. The van der Waals surface area contributed by atoms with Crippen LogP contribution in [0.25, 0.3) is 0 Å². The highest BCUT2D eigenvalue weighted by molar-refractivity contribution is 5.03. The van der Waals surface area contributed by atoms with Crippen molar-refractivity contribution in [3.63, 3.8) is 0 Å². The Morgan fingerprint density at radius 3 is 2.17 bits per heavy atom.